The normalized spacial score (nSPS) is 15.8. The molecule has 20 heavy (non-hydrogen) atoms. The molecule has 0 N–H and O–H groups in total. The number of hydrogen-bond donors (Lipinski definition) is 0. The van der Waals surface area contributed by atoms with Gasteiger partial charge in [-0.25, -0.2) is 0 Å². The zero-order valence-corrected chi connectivity index (χ0v) is 11.9. The van der Waals surface area contributed by atoms with E-state index >= 15 is 0 Å². The van der Waals surface area contributed by atoms with Gasteiger partial charge in [-0.3, -0.25) is 4.90 Å². The van der Waals surface area contributed by atoms with Gasteiger partial charge in [-0.15, -0.1) is 0 Å². The Bertz CT molecular complexity index is 559. The zero-order chi connectivity index (χ0) is 14.2. The molecule has 0 aromatic heterocycles. The monoisotopic (exact) mass is 264 g/mol. The molecule has 0 saturated carbocycles. The maximum absolute atomic E-state index is 9.37. The summed E-state index contributed by atoms with van der Waals surface area (Å²) >= 11 is 0. The molecule has 0 bridgehead atoms. The van der Waals surface area contributed by atoms with Crippen molar-refractivity contribution in [3.63, 3.8) is 0 Å². The van der Waals surface area contributed by atoms with Gasteiger partial charge in [0.2, 0.25) is 0 Å². The van der Waals surface area contributed by atoms with Gasteiger partial charge >= 0.3 is 0 Å². The fourth-order valence-corrected chi connectivity index (χ4v) is 2.25. The van der Waals surface area contributed by atoms with Gasteiger partial charge in [0, 0.05) is 6.54 Å². The van der Waals surface area contributed by atoms with E-state index in [4.69, 9.17) is 0 Å². The summed E-state index contributed by atoms with van der Waals surface area (Å²) < 4.78 is 0. The Morgan fingerprint density at radius 3 is 2.80 bits per heavy atom. The second-order valence-corrected chi connectivity index (χ2v) is 4.87. The molecule has 1 aromatic carbocycles. The van der Waals surface area contributed by atoms with Crippen LogP contribution in [0, 0.1) is 11.5 Å². The second kappa shape index (κ2) is 7.35. The van der Waals surface area contributed by atoms with E-state index in [0.29, 0.717) is 0 Å². The van der Waals surface area contributed by atoms with Crippen LogP contribution in [0.2, 0.25) is 0 Å². The molecule has 1 aromatic rings. The molecule has 0 spiro atoms. The fourth-order valence-electron chi connectivity index (χ4n) is 2.25. The SMILES string of the molecule is CCCCN(C#N)C1=CC=CCC1=Cc1ccccc1. The molecule has 0 saturated heterocycles. The van der Waals surface area contributed by atoms with Crippen molar-refractivity contribution < 1.29 is 0 Å². The van der Waals surface area contributed by atoms with Gasteiger partial charge in [0.15, 0.2) is 6.19 Å². The fraction of sp³-hybridized carbons (Fsp3) is 0.278. The van der Waals surface area contributed by atoms with Crippen molar-refractivity contribution in [2.45, 2.75) is 26.2 Å². The molecule has 0 unspecified atom stereocenters. The Morgan fingerprint density at radius 1 is 1.30 bits per heavy atom. The summed E-state index contributed by atoms with van der Waals surface area (Å²) in [4.78, 5) is 1.81. The van der Waals surface area contributed by atoms with Crippen LogP contribution in [0.3, 0.4) is 0 Å². The van der Waals surface area contributed by atoms with E-state index in [9.17, 15) is 5.26 Å². The molecule has 2 heteroatoms. The number of unbranched alkanes of at least 4 members (excludes halogenated alkanes) is 1. The Kier molecular flexibility index (Phi) is 5.20. The maximum atomic E-state index is 9.37. The first kappa shape index (κ1) is 14.1. The third-order valence-electron chi connectivity index (χ3n) is 3.34. The van der Waals surface area contributed by atoms with Gasteiger partial charge < -0.3 is 0 Å². The average Bonchev–Trinajstić information content (AvgIpc) is 2.50. The number of nitriles is 1. The van der Waals surface area contributed by atoms with Gasteiger partial charge in [0.1, 0.15) is 0 Å². The first-order valence-electron chi connectivity index (χ1n) is 7.15. The Balaban J connectivity index is 2.24. The largest absolute Gasteiger partial charge is 0.279 e. The molecule has 0 fully saturated rings. The molecular formula is C18H20N2. The lowest BCUT2D eigenvalue weighted by atomic mass is 10.00. The third-order valence-corrected chi connectivity index (χ3v) is 3.34. The minimum Gasteiger partial charge on any atom is -0.279 e. The van der Waals surface area contributed by atoms with Crippen LogP contribution >= 0.6 is 0 Å². The Labute approximate surface area is 121 Å². The average molecular weight is 264 g/mol. The zero-order valence-electron chi connectivity index (χ0n) is 11.9. The third kappa shape index (κ3) is 3.61. The van der Waals surface area contributed by atoms with Crippen LogP contribution in [0.4, 0.5) is 0 Å². The number of benzene rings is 1. The van der Waals surface area contributed by atoms with Gasteiger partial charge in [-0.1, -0.05) is 55.8 Å². The highest BCUT2D eigenvalue weighted by Crippen LogP contribution is 2.25. The van der Waals surface area contributed by atoms with Gasteiger partial charge in [0.25, 0.3) is 0 Å². The lowest BCUT2D eigenvalue weighted by Crippen LogP contribution is -2.20. The lowest BCUT2D eigenvalue weighted by molar-refractivity contribution is 0.469. The molecule has 2 rings (SSSR count). The van der Waals surface area contributed by atoms with Gasteiger partial charge in [-0.05, 0) is 36.1 Å². The van der Waals surface area contributed by atoms with Crippen molar-refractivity contribution in [2.24, 2.45) is 0 Å². The predicted molar refractivity (Wildman–Crippen MR) is 83.5 cm³/mol. The van der Waals surface area contributed by atoms with Crippen molar-refractivity contribution in [1.29, 1.82) is 5.26 Å². The Hall–Kier alpha value is -2.27. The maximum Gasteiger partial charge on any atom is 0.184 e. The topological polar surface area (TPSA) is 27.0 Å². The highest BCUT2D eigenvalue weighted by atomic mass is 15.1. The molecular weight excluding hydrogens is 244 g/mol. The minimum atomic E-state index is 0.790. The smallest absolute Gasteiger partial charge is 0.184 e. The van der Waals surface area contributed by atoms with E-state index in [0.717, 1.165) is 31.5 Å². The highest BCUT2D eigenvalue weighted by molar-refractivity contribution is 5.60. The minimum absolute atomic E-state index is 0.790. The van der Waals surface area contributed by atoms with Crippen LogP contribution in [-0.2, 0) is 0 Å². The van der Waals surface area contributed by atoms with Crippen LogP contribution in [-0.4, -0.2) is 11.4 Å². The van der Waals surface area contributed by atoms with E-state index in [1.165, 1.54) is 11.1 Å². The van der Waals surface area contributed by atoms with Crippen molar-refractivity contribution in [1.82, 2.24) is 4.90 Å². The van der Waals surface area contributed by atoms with Crippen LogP contribution in [0.1, 0.15) is 31.7 Å². The summed E-state index contributed by atoms with van der Waals surface area (Å²) in [6.07, 6.45) is 13.7. The standard InChI is InChI=1S/C18H20N2/c1-2-3-13-20(15-19)18-12-8-7-11-17(18)14-16-9-5-4-6-10-16/h4-10,12,14H,2-3,11,13H2,1H3. The number of nitrogens with zero attached hydrogens (tertiary/aromatic N) is 2. The van der Waals surface area contributed by atoms with Crippen molar-refractivity contribution in [3.8, 4) is 6.19 Å². The summed E-state index contributed by atoms with van der Waals surface area (Å²) in [7, 11) is 0. The summed E-state index contributed by atoms with van der Waals surface area (Å²) in [6, 6.07) is 10.3. The summed E-state index contributed by atoms with van der Waals surface area (Å²) in [5, 5.41) is 9.37. The van der Waals surface area contributed by atoms with E-state index in [2.05, 4.69) is 37.4 Å². The van der Waals surface area contributed by atoms with E-state index in [1.807, 2.05) is 35.3 Å². The summed E-state index contributed by atoms with van der Waals surface area (Å²) in [6.45, 7) is 2.93. The van der Waals surface area contributed by atoms with Crippen LogP contribution < -0.4 is 0 Å². The molecule has 0 heterocycles. The van der Waals surface area contributed by atoms with Crippen molar-refractivity contribution >= 4 is 6.08 Å². The Morgan fingerprint density at radius 2 is 2.10 bits per heavy atom. The number of hydrogen-bond acceptors (Lipinski definition) is 2. The van der Waals surface area contributed by atoms with Crippen molar-refractivity contribution in [3.05, 3.63) is 65.4 Å². The molecule has 1 aliphatic carbocycles. The summed E-state index contributed by atoms with van der Waals surface area (Å²) in [5.41, 5.74) is 3.42. The first-order valence-corrected chi connectivity index (χ1v) is 7.15. The highest BCUT2D eigenvalue weighted by Gasteiger charge is 2.14. The van der Waals surface area contributed by atoms with Crippen LogP contribution in [0.5, 0.6) is 0 Å². The lowest BCUT2D eigenvalue weighted by Gasteiger charge is -2.22. The van der Waals surface area contributed by atoms with Gasteiger partial charge in [-0.2, -0.15) is 5.26 Å². The second-order valence-electron chi connectivity index (χ2n) is 4.87. The molecule has 102 valence electrons. The van der Waals surface area contributed by atoms with Crippen LogP contribution in [0.25, 0.3) is 6.08 Å². The van der Waals surface area contributed by atoms with E-state index in [-0.39, 0.29) is 0 Å². The van der Waals surface area contributed by atoms with E-state index in [1.54, 1.807) is 0 Å². The van der Waals surface area contributed by atoms with Crippen LogP contribution in [0.15, 0.2) is 59.8 Å². The quantitative estimate of drug-likeness (QED) is 0.578. The summed E-state index contributed by atoms with van der Waals surface area (Å²) in [5.74, 6) is 0. The molecule has 2 nitrogen and oxygen atoms in total. The molecule has 0 aliphatic heterocycles. The number of rotatable bonds is 5. The molecule has 0 atom stereocenters. The van der Waals surface area contributed by atoms with Gasteiger partial charge in [0.05, 0.1) is 5.70 Å². The molecule has 0 radical (unpaired) electrons. The van der Waals surface area contributed by atoms with E-state index < -0.39 is 0 Å². The molecule has 0 amide bonds. The predicted octanol–water partition coefficient (Wildman–Crippen LogP) is 4.50. The first-order chi connectivity index (χ1) is 9.85. The van der Waals surface area contributed by atoms with Crippen molar-refractivity contribution in [2.75, 3.05) is 6.54 Å². The number of allylic oxidation sites excluding steroid dienone is 4. The molecule has 1 aliphatic rings.